The van der Waals surface area contributed by atoms with Crippen molar-refractivity contribution in [3.8, 4) is 5.75 Å². The van der Waals surface area contributed by atoms with E-state index >= 15 is 0 Å². The van der Waals surface area contributed by atoms with Crippen molar-refractivity contribution in [2.24, 2.45) is 0 Å². The molecule has 1 aromatic carbocycles. The molecule has 1 aliphatic heterocycles. The molecule has 2 rings (SSSR count). The van der Waals surface area contributed by atoms with E-state index in [0.29, 0.717) is 0 Å². The molecule has 0 bridgehead atoms. The van der Waals surface area contributed by atoms with Gasteiger partial charge in [-0.25, -0.2) is 0 Å². The highest BCUT2D eigenvalue weighted by molar-refractivity contribution is 5.31. The Labute approximate surface area is 115 Å². The molecule has 1 aliphatic rings. The maximum absolute atomic E-state index is 10.0. The van der Waals surface area contributed by atoms with Crippen molar-refractivity contribution >= 4 is 0 Å². The molecular formula is C15H24N2O2. The second-order valence-electron chi connectivity index (χ2n) is 5.18. The van der Waals surface area contributed by atoms with E-state index in [1.54, 1.807) is 12.1 Å². The van der Waals surface area contributed by atoms with E-state index in [4.69, 9.17) is 0 Å². The summed E-state index contributed by atoms with van der Waals surface area (Å²) in [6, 6.07) is 7.25. The molecular weight excluding hydrogens is 240 g/mol. The van der Waals surface area contributed by atoms with E-state index in [1.807, 2.05) is 12.1 Å². The molecule has 4 nitrogen and oxygen atoms in total. The first-order valence-electron chi connectivity index (χ1n) is 7.09. The van der Waals surface area contributed by atoms with E-state index in [9.17, 15) is 10.2 Å². The third-order valence-corrected chi connectivity index (χ3v) is 4.20. The molecule has 0 aliphatic carbocycles. The van der Waals surface area contributed by atoms with Crippen molar-refractivity contribution in [1.29, 1.82) is 0 Å². The number of phenols is 1. The molecule has 1 unspecified atom stereocenters. The number of aliphatic hydroxyl groups excluding tert-OH is 1. The number of nitrogens with one attached hydrogen (secondary N) is 1. The highest BCUT2D eigenvalue weighted by atomic mass is 16.3. The van der Waals surface area contributed by atoms with Gasteiger partial charge in [-0.05, 0) is 37.1 Å². The van der Waals surface area contributed by atoms with Gasteiger partial charge in [-0.15, -0.1) is 0 Å². The molecule has 0 saturated carbocycles. The number of rotatable bonds is 4. The molecule has 0 amide bonds. The molecule has 1 atom stereocenters. The van der Waals surface area contributed by atoms with E-state index in [0.717, 1.165) is 44.6 Å². The number of phenolic OH excluding ortho intramolecular Hbond substituents is 1. The number of benzene rings is 1. The van der Waals surface area contributed by atoms with Crippen LogP contribution in [-0.2, 0) is 5.54 Å². The number of hydrogen-bond acceptors (Lipinski definition) is 4. The van der Waals surface area contributed by atoms with Gasteiger partial charge in [0.25, 0.3) is 0 Å². The molecule has 0 radical (unpaired) electrons. The monoisotopic (exact) mass is 264 g/mol. The quantitative estimate of drug-likeness (QED) is 0.767. The van der Waals surface area contributed by atoms with E-state index in [2.05, 4.69) is 17.1 Å². The van der Waals surface area contributed by atoms with Gasteiger partial charge >= 0.3 is 0 Å². The fraction of sp³-hybridized carbons (Fsp3) is 0.600. The Morgan fingerprint density at radius 3 is 2.58 bits per heavy atom. The van der Waals surface area contributed by atoms with Crippen molar-refractivity contribution in [2.75, 3.05) is 32.8 Å². The lowest BCUT2D eigenvalue weighted by Crippen LogP contribution is -2.50. The number of aromatic hydroxyl groups is 1. The van der Waals surface area contributed by atoms with Crippen LogP contribution < -0.4 is 5.32 Å². The summed E-state index contributed by atoms with van der Waals surface area (Å²) in [5.41, 5.74) is 0.747. The van der Waals surface area contributed by atoms with Crippen LogP contribution in [0.4, 0.5) is 0 Å². The number of nitrogens with zero attached hydrogens (tertiary/aromatic N) is 1. The smallest absolute Gasteiger partial charge is 0.115 e. The SMILES string of the molecule is CCC(CO)(c1ccc(O)cc1)N1CCCNCC1. The lowest BCUT2D eigenvalue weighted by molar-refractivity contribution is 0.0267. The van der Waals surface area contributed by atoms with Crippen molar-refractivity contribution in [3.63, 3.8) is 0 Å². The summed E-state index contributed by atoms with van der Waals surface area (Å²) in [7, 11) is 0. The first kappa shape index (κ1) is 14.3. The highest BCUT2D eigenvalue weighted by Gasteiger charge is 2.36. The predicted molar refractivity (Wildman–Crippen MR) is 76.2 cm³/mol. The second-order valence-corrected chi connectivity index (χ2v) is 5.18. The lowest BCUT2D eigenvalue weighted by atomic mass is 9.85. The van der Waals surface area contributed by atoms with Crippen LogP contribution in [0.1, 0.15) is 25.3 Å². The first-order valence-corrected chi connectivity index (χ1v) is 7.09. The highest BCUT2D eigenvalue weighted by Crippen LogP contribution is 2.33. The summed E-state index contributed by atoms with van der Waals surface area (Å²) in [5, 5.41) is 22.9. The molecule has 1 aromatic rings. The zero-order valence-electron chi connectivity index (χ0n) is 11.6. The van der Waals surface area contributed by atoms with Crippen molar-refractivity contribution < 1.29 is 10.2 Å². The summed E-state index contributed by atoms with van der Waals surface area (Å²) in [5.74, 6) is 0.268. The molecule has 0 spiro atoms. The molecule has 1 saturated heterocycles. The first-order chi connectivity index (χ1) is 9.23. The average molecular weight is 264 g/mol. The van der Waals surface area contributed by atoms with E-state index in [-0.39, 0.29) is 17.9 Å². The van der Waals surface area contributed by atoms with Gasteiger partial charge in [0.15, 0.2) is 0 Å². The van der Waals surface area contributed by atoms with Crippen LogP contribution >= 0.6 is 0 Å². The fourth-order valence-electron chi connectivity index (χ4n) is 2.96. The Morgan fingerprint density at radius 2 is 1.95 bits per heavy atom. The normalized spacial score (nSPS) is 20.7. The molecule has 1 fully saturated rings. The third-order valence-electron chi connectivity index (χ3n) is 4.20. The summed E-state index contributed by atoms with van der Waals surface area (Å²) < 4.78 is 0. The molecule has 3 N–H and O–H groups in total. The fourth-order valence-corrected chi connectivity index (χ4v) is 2.96. The molecule has 106 valence electrons. The summed E-state index contributed by atoms with van der Waals surface area (Å²) >= 11 is 0. The maximum Gasteiger partial charge on any atom is 0.115 e. The summed E-state index contributed by atoms with van der Waals surface area (Å²) in [6.07, 6.45) is 1.95. The van der Waals surface area contributed by atoms with E-state index < -0.39 is 0 Å². The number of aliphatic hydroxyl groups is 1. The van der Waals surface area contributed by atoms with Crippen LogP contribution in [-0.4, -0.2) is 47.9 Å². The van der Waals surface area contributed by atoms with Crippen LogP contribution in [0.3, 0.4) is 0 Å². The van der Waals surface area contributed by atoms with Crippen LogP contribution in [0, 0.1) is 0 Å². The largest absolute Gasteiger partial charge is 0.508 e. The predicted octanol–water partition coefficient (Wildman–Crippen LogP) is 1.29. The van der Waals surface area contributed by atoms with Gasteiger partial charge in [-0.1, -0.05) is 19.1 Å². The average Bonchev–Trinajstić information content (AvgIpc) is 2.72. The van der Waals surface area contributed by atoms with Gasteiger partial charge in [0.05, 0.1) is 12.1 Å². The minimum atomic E-state index is -0.334. The van der Waals surface area contributed by atoms with Gasteiger partial charge in [0.1, 0.15) is 5.75 Å². The lowest BCUT2D eigenvalue weighted by Gasteiger charge is -2.42. The maximum atomic E-state index is 10.0. The van der Waals surface area contributed by atoms with Gasteiger partial charge in [-0.2, -0.15) is 0 Å². The standard InChI is InChI=1S/C15H24N2O2/c1-2-15(12-18,13-4-6-14(19)7-5-13)17-10-3-8-16-9-11-17/h4-7,16,18-19H,2-3,8-12H2,1H3. The Kier molecular flexibility index (Phi) is 4.80. The van der Waals surface area contributed by atoms with Crippen molar-refractivity contribution in [1.82, 2.24) is 10.2 Å². The third kappa shape index (κ3) is 2.91. The summed E-state index contributed by atoms with van der Waals surface area (Å²) in [4.78, 5) is 2.37. The van der Waals surface area contributed by atoms with Gasteiger partial charge < -0.3 is 15.5 Å². The Balaban J connectivity index is 2.32. The van der Waals surface area contributed by atoms with Crippen LogP contribution in [0.5, 0.6) is 5.75 Å². The Bertz CT molecular complexity index is 380. The minimum absolute atomic E-state index is 0.105. The topological polar surface area (TPSA) is 55.7 Å². The Hall–Kier alpha value is -1.10. The minimum Gasteiger partial charge on any atom is -0.508 e. The number of hydrogen-bond donors (Lipinski definition) is 3. The van der Waals surface area contributed by atoms with Crippen LogP contribution in [0.25, 0.3) is 0 Å². The molecule has 19 heavy (non-hydrogen) atoms. The van der Waals surface area contributed by atoms with Crippen molar-refractivity contribution in [2.45, 2.75) is 25.3 Å². The Morgan fingerprint density at radius 1 is 1.21 bits per heavy atom. The van der Waals surface area contributed by atoms with E-state index in [1.165, 1.54) is 0 Å². The summed E-state index contributed by atoms with van der Waals surface area (Å²) in [6.45, 7) is 6.14. The van der Waals surface area contributed by atoms with Crippen molar-refractivity contribution in [3.05, 3.63) is 29.8 Å². The second kappa shape index (κ2) is 6.37. The molecule has 0 aromatic heterocycles. The van der Waals surface area contributed by atoms with Gasteiger partial charge in [0.2, 0.25) is 0 Å². The van der Waals surface area contributed by atoms with Crippen LogP contribution in [0.15, 0.2) is 24.3 Å². The zero-order chi connectivity index (χ0) is 13.7. The zero-order valence-corrected chi connectivity index (χ0v) is 11.6. The molecule has 1 heterocycles. The van der Waals surface area contributed by atoms with Gasteiger partial charge in [-0.3, -0.25) is 4.90 Å². The molecule has 4 heteroatoms. The van der Waals surface area contributed by atoms with Crippen LogP contribution in [0.2, 0.25) is 0 Å². The van der Waals surface area contributed by atoms with Gasteiger partial charge in [0, 0.05) is 19.6 Å².